The SMILES string of the molecule is O=c1[nH]ncn1-c1ccc(-n2cnnn2)cc1. The number of hydrogen-bond acceptors (Lipinski definition) is 5. The molecule has 0 bridgehead atoms. The van der Waals surface area contributed by atoms with Crippen LogP contribution in [0, 0.1) is 0 Å². The largest absolute Gasteiger partial charge is 0.347 e. The van der Waals surface area contributed by atoms with E-state index in [-0.39, 0.29) is 5.69 Å². The van der Waals surface area contributed by atoms with Crippen molar-refractivity contribution in [2.24, 2.45) is 0 Å². The van der Waals surface area contributed by atoms with Crippen molar-refractivity contribution in [3.63, 3.8) is 0 Å². The highest BCUT2D eigenvalue weighted by molar-refractivity contribution is 5.40. The molecule has 8 heteroatoms. The third kappa shape index (κ3) is 1.61. The first-order chi connectivity index (χ1) is 8.34. The minimum absolute atomic E-state index is 0.278. The van der Waals surface area contributed by atoms with E-state index in [0.29, 0.717) is 0 Å². The molecule has 0 amide bonds. The van der Waals surface area contributed by atoms with Crippen molar-refractivity contribution < 1.29 is 0 Å². The van der Waals surface area contributed by atoms with Crippen LogP contribution in [-0.2, 0) is 0 Å². The monoisotopic (exact) mass is 229 g/mol. The van der Waals surface area contributed by atoms with E-state index in [9.17, 15) is 4.79 Å². The molecule has 2 heterocycles. The summed E-state index contributed by atoms with van der Waals surface area (Å²) >= 11 is 0. The lowest BCUT2D eigenvalue weighted by atomic mass is 10.3. The number of rotatable bonds is 2. The van der Waals surface area contributed by atoms with Gasteiger partial charge in [-0.15, -0.1) is 5.10 Å². The van der Waals surface area contributed by atoms with Crippen LogP contribution in [-0.4, -0.2) is 35.0 Å². The maximum absolute atomic E-state index is 11.3. The van der Waals surface area contributed by atoms with Crippen molar-refractivity contribution in [1.29, 1.82) is 0 Å². The second-order valence-corrected chi connectivity index (χ2v) is 3.30. The molecule has 0 spiro atoms. The van der Waals surface area contributed by atoms with Gasteiger partial charge in [0.15, 0.2) is 0 Å². The summed E-state index contributed by atoms with van der Waals surface area (Å²) in [4.78, 5) is 11.3. The highest BCUT2D eigenvalue weighted by Crippen LogP contribution is 2.09. The van der Waals surface area contributed by atoms with Gasteiger partial charge in [0.05, 0.1) is 11.4 Å². The predicted molar refractivity (Wildman–Crippen MR) is 56.9 cm³/mol. The summed E-state index contributed by atoms with van der Waals surface area (Å²) in [6.07, 6.45) is 2.92. The fourth-order valence-corrected chi connectivity index (χ4v) is 1.48. The van der Waals surface area contributed by atoms with Crippen LogP contribution in [0.25, 0.3) is 11.4 Å². The molecule has 0 atom stereocenters. The first kappa shape index (κ1) is 9.46. The summed E-state index contributed by atoms with van der Waals surface area (Å²) in [5.41, 5.74) is 1.26. The Morgan fingerprint density at radius 2 is 1.82 bits per heavy atom. The van der Waals surface area contributed by atoms with Crippen LogP contribution < -0.4 is 5.69 Å². The van der Waals surface area contributed by atoms with Crippen molar-refractivity contribution in [1.82, 2.24) is 35.0 Å². The Balaban J connectivity index is 2.01. The highest BCUT2D eigenvalue weighted by atomic mass is 16.1. The van der Waals surface area contributed by atoms with E-state index in [4.69, 9.17) is 0 Å². The first-order valence-corrected chi connectivity index (χ1v) is 4.80. The Morgan fingerprint density at radius 1 is 1.06 bits per heavy atom. The van der Waals surface area contributed by atoms with Gasteiger partial charge in [-0.25, -0.2) is 19.1 Å². The maximum Gasteiger partial charge on any atom is 0.347 e. The molecular weight excluding hydrogens is 222 g/mol. The zero-order valence-corrected chi connectivity index (χ0v) is 8.56. The summed E-state index contributed by atoms with van der Waals surface area (Å²) in [7, 11) is 0. The maximum atomic E-state index is 11.3. The molecule has 8 nitrogen and oxygen atoms in total. The van der Waals surface area contributed by atoms with Crippen LogP contribution in [0.2, 0.25) is 0 Å². The predicted octanol–water partition coefficient (Wildman–Crippen LogP) is -0.464. The number of benzene rings is 1. The van der Waals surface area contributed by atoms with Crippen molar-refractivity contribution in [2.75, 3.05) is 0 Å². The Hall–Kier alpha value is -2.77. The lowest BCUT2D eigenvalue weighted by molar-refractivity contribution is 0.788. The fraction of sp³-hybridized carbons (Fsp3) is 0. The Bertz CT molecular complexity index is 664. The number of hydrogen-bond donors (Lipinski definition) is 1. The molecule has 1 aromatic carbocycles. The van der Waals surface area contributed by atoms with Crippen LogP contribution in [0.15, 0.2) is 41.7 Å². The molecule has 2 aromatic heterocycles. The molecule has 0 aliphatic rings. The molecule has 0 fully saturated rings. The van der Waals surface area contributed by atoms with Crippen molar-refractivity contribution >= 4 is 0 Å². The van der Waals surface area contributed by atoms with Gasteiger partial charge in [0.2, 0.25) is 0 Å². The number of H-pyrrole nitrogens is 1. The molecule has 1 N–H and O–H groups in total. The topological polar surface area (TPSA) is 94.3 Å². The second kappa shape index (κ2) is 3.67. The molecule has 0 radical (unpaired) electrons. The number of nitrogens with one attached hydrogen (secondary N) is 1. The lowest BCUT2D eigenvalue weighted by Gasteiger charge is -2.02. The van der Waals surface area contributed by atoms with Crippen LogP contribution in [0.3, 0.4) is 0 Å². The van der Waals surface area contributed by atoms with Crippen LogP contribution in [0.1, 0.15) is 0 Å². The summed E-state index contributed by atoms with van der Waals surface area (Å²) < 4.78 is 2.94. The van der Waals surface area contributed by atoms with E-state index in [1.807, 2.05) is 12.1 Å². The van der Waals surface area contributed by atoms with E-state index >= 15 is 0 Å². The molecule has 0 saturated heterocycles. The zero-order chi connectivity index (χ0) is 11.7. The summed E-state index contributed by atoms with van der Waals surface area (Å²) in [6.45, 7) is 0. The average Bonchev–Trinajstić information content (AvgIpc) is 3.00. The van der Waals surface area contributed by atoms with Crippen LogP contribution in [0.4, 0.5) is 0 Å². The smallest absolute Gasteiger partial charge is 0.250 e. The Morgan fingerprint density at radius 3 is 2.41 bits per heavy atom. The van der Waals surface area contributed by atoms with Gasteiger partial charge in [-0.3, -0.25) is 0 Å². The fourth-order valence-electron chi connectivity index (χ4n) is 1.48. The van der Waals surface area contributed by atoms with E-state index in [2.05, 4.69) is 25.7 Å². The van der Waals surface area contributed by atoms with Crippen molar-refractivity contribution in [2.45, 2.75) is 0 Å². The van der Waals surface area contributed by atoms with E-state index in [0.717, 1.165) is 11.4 Å². The van der Waals surface area contributed by atoms with Gasteiger partial charge < -0.3 is 0 Å². The third-order valence-electron chi connectivity index (χ3n) is 2.29. The second-order valence-electron chi connectivity index (χ2n) is 3.30. The van der Waals surface area contributed by atoms with E-state index in [1.54, 1.807) is 12.1 Å². The van der Waals surface area contributed by atoms with Gasteiger partial charge in [-0.05, 0) is 34.7 Å². The molecule has 0 aliphatic carbocycles. The zero-order valence-electron chi connectivity index (χ0n) is 8.56. The first-order valence-electron chi connectivity index (χ1n) is 4.80. The quantitative estimate of drug-likeness (QED) is 0.641. The number of aromatic amines is 1. The van der Waals surface area contributed by atoms with Gasteiger partial charge in [0.1, 0.15) is 12.7 Å². The third-order valence-corrected chi connectivity index (χ3v) is 2.29. The molecule has 0 unspecified atom stereocenters. The molecule has 3 rings (SSSR count). The van der Waals surface area contributed by atoms with Gasteiger partial charge in [0.25, 0.3) is 0 Å². The van der Waals surface area contributed by atoms with Gasteiger partial charge in [-0.1, -0.05) is 0 Å². The van der Waals surface area contributed by atoms with Gasteiger partial charge >= 0.3 is 5.69 Å². The lowest BCUT2D eigenvalue weighted by Crippen LogP contribution is -2.14. The molecule has 0 aliphatic heterocycles. The number of aromatic nitrogens is 7. The van der Waals surface area contributed by atoms with Crippen LogP contribution >= 0.6 is 0 Å². The summed E-state index contributed by atoms with van der Waals surface area (Å²) in [5.74, 6) is 0. The summed E-state index contributed by atoms with van der Waals surface area (Å²) in [6, 6.07) is 7.19. The Kier molecular flexibility index (Phi) is 2.04. The van der Waals surface area contributed by atoms with E-state index < -0.39 is 0 Å². The highest BCUT2D eigenvalue weighted by Gasteiger charge is 2.02. The average molecular weight is 229 g/mol. The molecule has 17 heavy (non-hydrogen) atoms. The van der Waals surface area contributed by atoms with E-state index in [1.165, 1.54) is 21.9 Å². The van der Waals surface area contributed by atoms with Crippen LogP contribution in [0.5, 0.6) is 0 Å². The normalized spacial score (nSPS) is 10.6. The summed E-state index contributed by atoms with van der Waals surface area (Å²) in [5, 5.41) is 16.8. The molecule has 0 saturated carbocycles. The standard InChI is InChI=1S/C9H7N7O/c17-9-12-10-5-15(9)7-1-3-8(4-2-7)16-6-11-13-14-16/h1-6H,(H,12,17). The van der Waals surface area contributed by atoms with Crippen molar-refractivity contribution in [3.05, 3.63) is 47.4 Å². The minimum atomic E-state index is -0.278. The minimum Gasteiger partial charge on any atom is -0.250 e. The van der Waals surface area contributed by atoms with Gasteiger partial charge in [0, 0.05) is 0 Å². The number of nitrogens with zero attached hydrogens (tertiary/aromatic N) is 6. The Labute approximate surface area is 94.5 Å². The molecule has 84 valence electrons. The molecular formula is C9H7N7O. The number of tetrazole rings is 1. The van der Waals surface area contributed by atoms with Gasteiger partial charge in [-0.2, -0.15) is 5.10 Å². The molecule has 3 aromatic rings. The van der Waals surface area contributed by atoms with Crippen molar-refractivity contribution in [3.8, 4) is 11.4 Å².